The molecule has 0 spiro atoms. The number of para-hydroxylation sites is 1. The summed E-state index contributed by atoms with van der Waals surface area (Å²) < 4.78 is 13.8. The summed E-state index contributed by atoms with van der Waals surface area (Å²) in [5.74, 6) is -1.63. The van der Waals surface area contributed by atoms with E-state index in [4.69, 9.17) is 0 Å². The van der Waals surface area contributed by atoms with E-state index in [1.54, 1.807) is 12.1 Å². The summed E-state index contributed by atoms with van der Waals surface area (Å²) in [6.07, 6.45) is 2.41. The number of carbonyl (C=O) groups is 1. The second-order valence-corrected chi connectivity index (χ2v) is 6.84. The molecule has 0 bridgehead atoms. The van der Waals surface area contributed by atoms with E-state index in [-0.39, 0.29) is 17.5 Å². The van der Waals surface area contributed by atoms with Crippen molar-refractivity contribution in [2.45, 2.75) is 31.4 Å². The van der Waals surface area contributed by atoms with Crippen LogP contribution in [0.3, 0.4) is 0 Å². The molecule has 1 unspecified atom stereocenters. The Morgan fingerprint density at radius 1 is 1.16 bits per heavy atom. The maximum atomic E-state index is 13.8. The molecule has 0 saturated carbocycles. The minimum atomic E-state index is -0.940. The molecule has 5 heteroatoms. The van der Waals surface area contributed by atoms with Gasteiger partial charge in [-0.2, -0.15) is 0 Å². The van der Waals surface area contributed by atoms with Crippen LogP contribution in [0.2, 0.25) is 0 Å². The molecule has 1 amide bonds. The first-order chi connectivity index (χ1) is 12.1. The second kappa shape index (κ2) is 6.58. The molecular weight excluding hydrogens is 319 g/mol. The average molecular weight is 340 g/mol. The topological polar surface area (TPSA) is 61.4 Å². The van der Waals surface area contributed by atoms with E-state index < -0.39 is 18.0 Å². The number of fused-ring (bicyclic) bond motifs is 1. The Balaban J connectivity index is 1.58. The van der Waals surface area contributed by atoms with Gasteiger partial charge in [-0.05, 0) is 48.1 Å². The molecule has 4 rings (SSSR count). The highest BCUT2D eigenvalue weighted by molar-refractivity contribution is 5.94. The molecule has 1 aliphatic carbocycles. The fourth-order valence-corrected chi connectivity index (χ4v) is 3.97. The van der Waals surface area contributed by atoms with Crippen molar-refractivity contribution in [3.8, 4) is 0 Å². The SMILES string of the molecule is O=C(Nc1ccccc1F)[C@H]1C(O)NC[C@@H]1c1ccc2c(c1)CCC2. The summed E-state index contributed by atoms with van der Waals surface area (Å²) in [6, 6.07) is 12.4. The third-order valence-electron chi connectivity index (χ3n) is 5.31. The molecule has 0 radical (unpaired) electrons. The zero-order valence-corrected chi connectivity index (χ0v) is 13.8. The Labute approximate surface area is 146 Å². The standard InChI is InChI=1S/C20H21FN2O2/c21-16-6-1-2-7-17(16)23-20(25)18-15(11-22-19(18)24)14-9-8-12-4-3-5-13(12)10-14/h1-2,6-10,15,18-19,22,24H,3-5,11H2,(H,23,25)/t15-,18-,19?/m1/s1. The Morgan fingerprint density at radius 3 is 2.80 bits per heavy atom. The summed E-state index contributed by atoms with van der Waals surface area (Å²) in [4.78, 5) is 12.7. The zero-order chi connectivity index (χ0) is 17.4. The molecule has 25 heavy (non-hydrogen) atoms. The molecule has 1 fully saturated rings. The lowest BCUT2D eigenvalue weighted by atomic mass is 9.86. The number of aliphatic hydroxyl groups excluding tert-OH is 1. The van der Waals surface area contributed by atoms with Gasteiger partial charge in [-0.1, -0.05) is 30.3 Å². The van der Waals surface area contributed by atoms with Gasteiger partial charge in [0.1, 0.15) is 12.0 Å². The third-order valence-corrected chi connectivity index (χ3v) is 5.31. The van der Waals surface area contributed by atoms with Gasteiger partial charge in [-0.15, -0.1) is 0 Å². The zero-order valence-electron chi connectivity index (χ0n) is 13.8. The second-order valence-electron chi connectivity index (χ2n) is 6.84. The van der Waals surface area contributed by atoms with Crippen LogP contribution in [0.25, 0.3) is 0 Å². The van der Waals surface area contributed by atoms with Crippen LogP contribution >= 0.6 is 0 Å². The van der Waals surface area contributed by atoms with Crippen molar-refractivity contribution in [1.29, 1.82) is 0 Å². The highest BCUT2D eigenvalue weighted by Crippen LogP contribution is 2.35. The lowest BCUT2D eigenvalue weighted by molar-refractivity contribution is -0.123. The van der Waals surface area contributed by atoms with Gasteiger partial charge in [0.25, 0.3) is 0 Å². The average Bonchev–Trinajstić information content (AvgIpc) is 3.22. The summed E-state index contributed by atoms with van der Waals surface area (Å²) >= 11 is 0. The van der Waals surface area contributed by atoms with Crippen LogP contribution in [0, 0.1) is 11.7 Å². The Kier molecular flexibility index (Phi) is 4.27. The molecule has 2 aromatic rings. The highest BCUT2D eigenvalue weighted by Gasteiger charge is 2.41. The number of rotatable bonds is 3. The summed E-state index contributed by atoms with van der Waals surface area (Å²) in [5, 5.41) is 15.9. The van der Waals surface area contributed by atoms with Gasteiger partial charge in [0, 0.05) is 12.5 Å². The van der Waals surface area contributed by atoms with Gasteiger partial charge in [0.2, 0.25) is 5.91 Å². The molecule has 0 aromatic heterocycles. The summed E-state index contributed by atoms with van der Waals surface area (Å²) in [6.45, 7) is 0.523. The number of benzene rings is 2. The van der Waals surface area contributed by atoms with Gasteiger partial charge in [0.05, 0.1) is 11.6 Å². The number of hydrogen-bond acceptors (Lipinski definition) is 3. The molecular formula is C20H21FN2O2. The number of carbonyl (C=O) groups excluding carboxylic acids is 1. The number of aliphatic hydroxyl groups is 1. The molecule has 3 atom stereocenters. The van der Waals surface area contributed by atoms with Crippen molar-refractivity contribution in [2.24, 2.45) is 5.92 Å². The lowest BCUT2D eigenvalue weighted by Gasteiger charge is -2.21. The highest BCUT2D eigenvalue weighted by atomic mass is 19.1. The Bertz CT molecular complexity index is 808. The first-order valence-corrected chi connectivity index (χ1v) is 8.72. The van der Waals surface area contributed by atoms with Crippen molar-refractivity contribution in [1.82, 2.24) is 5.32 Å². The van der Waals surface area contributed by atoms with Gasteiger partial charge in [-0.25, -0.2) is 4.39 Å². The normalized spacial score (nSPS) is 25.0. The van der Waals surface area contributed by atoms with Crippen LogP contribution < -0.4 is 10.6 Å². The van der Waals surface area contributed by atoms with Crippen molar-refractivity contribution >= 4 is 11.6 Å². The molecule has 1 saturated heterocycles. The van der Waals surface area contributed by atoms with Crippen LogP contribution in [-0.4, -0.2) is 23.8 Å². The van der Waals surface area contributed by atoms with E-state index >= 15 is 0 Å². The predicted molar refractivity (Wildman–Crippen MR) is 93.7 cm³/mol. The molecule has 2 aromatic carbocycles. The minimum absolute atomic E-state index is 0.132. The van der Waals surface area contributed by atoms with Gasteiger partial charge < -0.3 is 10.4 Å². The van der Waals surface area contributed by atoms with Gasteiger partial charge in [-0.3, -0.25) is 10.1 Å². The van der Waals surface area contributed by atoms with Crippen molar-refractivity contribution in [3.63, 3.8) is 0 Å². The first kappa shape index (κ1) is 16.2. The molecule has 130 valence electrons. The van der Waals surface area contributed by atoms with E-state index in [1.165, 1.54) is 29.7 Å². The largest absolute Gasteiger partial charge is 0.378 e. The van der Waals surface area contributed by atoms with E-state index in [0.29, 0.717) is 6.54 Å². The molecule has 4 nitrogen and oxygen atoms in total. The van der Waals surface area contributed by atoms with E-state index in [9.17, 15) is 14.3 Å². The minimum Gasteiger partial charge on any atom is -0.378 e. The number of aryl methyl sites for hydroxylation is 2. The lowest BCUT2D eigenvalue weighted by Crippen LogP contribution is -2.36. The van der Waals surface area contributed by atoms with E-state index in [2.05, 4.69) is 28.8 Å². The molecule has 3 N–H and O–H groups in total. The fourth-order valence-electron chi connectivity index (χ4n) is 3.97. The smallest absolute Gasteiger partial charge is 0.232 e. The van der Waals surface area contributed by atoms with Gasteiger partial charge in [0.15, 0.2) is 0 Å². The fraction of sp³-hybridized carbons (Fsp3) is 0.350. The maximum Gasteiger partial charge on any atom is 0.232 e. The maximum absolute atomic E-state index is 13.8. The third kappa shape index (κ3) is 3.05. The van der Waals surface area contributed by atoms with E-state index in [0.717, 1.165) is 18.4 Å². The number of halogens is 1. The van der Waals surface area contributed by atoms with Crippen molar-refractivity contribution < 1.29 is 14.3 Å². The Morgan fingerprint density at radius 2 is 1.96 bits per heavy atom. The van der Waals surface area contributed by atoms with Gasteiger partial charge >= 0.3 is 0 Å². The van der Waals surface area contributed by atoms with Crippen molar-refractivity contribution in [2.75, 3.05) is 11.9 Å². The number of amides is 1. The molecule has 1 aliphatic heterocycles. The summed E-state index contributed by atoms with van der Waals surface area (Å²) in [5.41, 5.74) is 3.91. The number of anilines is 1. The van der Waals surface area contributed by atoms with E-state index in [1.807, 2.05) is 0 Å². The van der Waals surface area contributed by atoms with Crippen LogP contribution in [0.1, 0.15) is 29.0 Å². The quantitative estimate of drug-likeness (QED) is 0.805. The predicted octanol–water partition coefficient (Wildman–Crippen LogP) is 2.57. The number of nitrogens with one attached hydrogen (secondary N) is 2. The van der Waals surface area contributed by atoms with Crippen LogP contribution in [0.15, 0.2) is 42.5 Å². The molecule has 1 heterocycles. The number of hydrogen-bond donors (Lipinski definition) is 3. The molecule has 2 aliphatic rings. The monoisotopic (exact) mass is 340 g/mol. The Hall–Kier alpha value is -2.24. The van der Waals surface area contributed by atoms with Crippen molar-refractivity contribution in [3.05, 3.63) is 65.0 Å². The van der Waals surface area contributed by atoms with Crippen LogP contribution in [-0.2, 0) is 17.6 Å². The van der Waals surface area contributed by atoms with Crippen LogP contribution in [0.5, 0.6) is 0 Å². The summed E-state index contributed by atoms with van der Waals surface area (Å²) in [7, 11) is 0. The van der Waals surface area contributed by atoms with Crippen LogP contribution in [0.4, 0.5) is 10.1 Å². The first-order valence-electron chi connectivity index (χ1n) is 8.72.